The number of pyridine rings is 1. The summed E-state index contributed by atoms with van der Waals surface area (Å²) >= 11 is 12.2. The number of aromatic hydroxyl groups is 1. The first kappa shape index (κ1) is 24.0. The Hall–Kier alpha value is -2.70. The lowest BCUT2D eigenvalue weighted by Gasteiger charge is -2.11. The van der Waals surface area contributed by atoms with Gasteiger partial charge in [-0.25, -0.2) is 0 Å². The molecule has 0 saturated heterocycles. The Kier molecular flexibility index (Phi) is 8.04. The van der Waals surface area contributed by atoms with Crippen molar-refractivity contribution in [2.75, 3.05) is 12.3 Å². The second-order valence-electron chi connectivity index (χ2n) is 7.82. The number of carbonyl (C=O) groups is 1. The van der Waals surface area contributed by atoms with E-state index in [0.717, 1.165) is 12.8 Å². The van der Waals surface area contributed by atoms with Gasteiger partial charge in [-0.3, -0.25) is 9.59 Å². The summed E-state index contributed by atoms with van der Waals surface area (Å²) in [6.45, 7) is 2.76. The van der Waals surface area contributed by atoms with Crippen LogP contribution in [0.1, 0.15) is 55.8 Å². The molecule has 3 rings (SSSR count). The molecule has 0 aliphatic heterocycles. The molecule has 6 nitrogen and oxygen atoms in total. The molecule has 0 spiro atoms. The number of amides is 1. The molecule has 5 N–H and O–H groups in total. The molecule has 170 valence electrons. The van der Waals surface area contributed by atoms with Crippen molar-refractivity contribution in [2.45, 2.75) is 45.4 Å². The number of aromatic nitrogens is 1. The van der Waals surface area contributed by atoms with Crippen LogP contribution in [0.5, 0.6) is 5.75 Å². The fraction of sp³-hybridized carbons (Fsp3) is 0.333. The molecule has 1 amide bonds. The van der Waals surface area contributed by atoms with E-state index in [2.05, 4.69) is 17.2 Å². The summed E-state index contributed by atoms with van der Waals surface area (Å²) in [6, 6.07) is 7.79. The molecule has 0 atom stereocenters. The number of rotatable bonds is 9. The van der Waals surface area contributed by atoms with Crippen LogP contribution in [0.3, 0.4) is 0 Å². The summed E-state index contributed by atoms with van der Waals surface area (Å²) in [5.41, 5.74) is 6.82. The molecule has 0 unspecified atom stereocenters. The zero-order chi connectivity index (χ0) is 23.3. The van der Waals surface area contributed by atoms with Crippen LogP contribution in [-0.2, 0) is 0 Å². The number of fused-ring (bicyclic) bond motifs is 1. The average molecular weight is 476 g/mol. The van der Waals surface area contributed by atoms with Crippen molar-refractivity contribution in [1.29, 1.82) is 0 Å². The molecule has 32 heavy (non-hydrogen) atoms. The number of aromatic amines is 1. The van der Waals surface area contributed by atoms with E-state index in [9.17, 15) is 14.7 Å². The highest BCUT2D eigenvalue weighted by Gasteiger charge is 2.16. The molecule has 0 aliphatic carbocycles. The van der Waals surface area contributed by atoms with Gasteiger partial charge in [-0.15, -0.1) is 0 Å². The number of H-pyrrole nitrogens is 1. The van der Waals surface area contributed by atoms with Gasteiger partial charge in [-0.05, 0) is 36.8 Å². The van der Waals surface area contributed by atoms with Gasteiger partial charge in [0.15, 0.2) is 5.75 Å². The zero-order valence-corrected chi connectivity index (χ0v) is 19.4. The van der Waals surface area contributed by atoms with Crippen molar-refractivity contribution in [2.24, 2.45) is 0 Å². The predicted octanol–water partition coefficient (Wildman–Crippen LogP) is 5.88. The number of unbranched alkanes of at least 4 members (excludes halogenated alkanes) is 5. The number of nitrogen functional groups attached to an aromatic ring is 1. The smallest absolute Gasteiger partial charge is 0.251 e. The van der Waals surface area contributed by atoms with Crippen molar-refractivity contribution in [1.82, 2.24) is 10.3 Å². The van der Waals surface area contributed by atoms with Crippen LogP contribution in [0.25, 0.3) is 22.2 Å². The molecule has 3 aromatic rings. The highest BCUT2D eigenvalue weighted by molar-refractivity contribution is 6.39. The van der Waals surface area contributed by atoms with Gasteiger partial charge in [-0.1, -0.05) is 62.2 Å². The van der Waals surface area contributed by atoms with E-state index in [1.54, 1.807) is 12.1 Å². The molecule has 8 heteroatoms. The van der Waals surface area contributed by atoms with Gasteiger partial charge < -0.3 is 21.1 Å². The van der Waals surface area contributed by atoms with Gasteiger partial charge in [0.2, 0.25) is 5.43 Å². The molecule has 0 bridgehead atoms. The molecule has 1 heterocycles. The van der Waals surface area contributed by atoms with Crippen LogP contribution < -0.4 is 16.5 Å². The summed E-state index contributed by atoms with van der Waals surface area (Å²) < 4.78 is 0. The third kappa shape index (κ3) is 5.37. The molecule has 1 aromatic heterocycles. The van der Waals surface area contributed by atoms with Crippen LogP contribution in [-0.4, -0.2) is 22.5 Å². The van der Waals surface area contributed by atoms with Crippen molar-refractivity contribution in [3.05, 3.63) is 56.2 Å². The van der Waals surface area contributed by atoms with E-state index in [0.29, 0.717) is 23.2 Å². The highest BCUT2D eigenvalue weighted by Crippen LogP contribution is 2.35. The maximum Gasteiger partial charge on any atom is 0.251 e. The summed E-state index contributed by atoms with van der Waals surface area (Å²) in [5, 5.41) is 14.1. The minimum Gasteiger partial charge on any atom is -0.503 e. The number of anilines is 1. The number of hydrogen-bond donors (Lipinski definition) is 4. The Morgan fingerprint density at radius 2 is 1.72 bits per heavy atom. The average Bonchev–Trinajstić information content (AvgIpc) is 2.78. The molecule has 0 saturated carbocycles. The van der Waals surface area contributed by atoms with E-state index in [-0.39, 0.29) is 32.7 Å². The number of halogens is 2. The molecular weight excluding hydrogens is 449 g/mol. The number of hydrogen-bond acceptors (Lipinski definition) is 4. The highest BCUT2D eigenvalue weighted by atomic mass is 35.5. The van der Waals surface area contributed by atoms with Crippen molar-refractivity contribution < 1.29 is 9.90 Å². The fourth-order valence-electron chi connectivity index (χ4n) is 3.56. The van der Waals surface area contributed by atoms with Crippen molar-refractivity contribution in [3.8, 4) is 17.0 Å². The largest absolute Gasteiger partial charge is 0.503 e. The lowest BCUT2D eigenvalue weighted by molar-refractivity contribution is 0.0953. The summed E-state index contributed by atoms with van der Waals surface area (Å²) in [6.07, 6.45) is 6.83. The van der Waals surface area contributed by atoms with Crippen molar-refractivity contribution >= 4 is 45.7 Å². The Labute approximate surface area is 196 Å². The van der Waals surface area contributed by atoms with Gasteiger partial charge in [0.05, 0.1) is 32.3 Å². The van der Waals surface area contributed by atoms with Gasteiger partial charge in [0.1, 0.15) is 0 Å². The van der Waals surface area contributed by atoms with Crippen LogP contribution >= 0.6 is 23.2 Å². The summed E-state index contributed by atoms with van der Waals surface area (Å²) in [7, 11) is 0. The van der Waals surface area contributed by atoms with Gasteiger partial charge in [0.25, 0.3) is 5.91 Å². The normalized spacial score (nSPS) is 11.1. The molecule has 0 fully saturated rings. The number of benzene rings is 2. The maximum atomic E-state index is 12.8. The Bertz CT molecular complexity index is 1170. The molecule has 2 aromatic carbocycles. The van der Waals surface area contributed by atoms with Gasteiger partial charge >= 0.3 is 0 Å². The van der Waals surface area contributed by atoms with Crippen LogP contribution in [0.4, 0.5) is 5.69 Å². The lowest BCUT2D eigenvalue weighted by Crippen LogP contribution is -2.24. The van der Waals surface area contributed by atoms with Crippen molar-refractivity contribution in [3.63, 3.8) is 0 Å². The lowest BCUT2D eigenvalue weighted by atomic mass is 10.1. The van der Waals surface area contributed by atoms with Gasteiger partial charge in [-0.2, -0.15) is 0 Å². The maximum absolute atomic E-state index is 12.8. The zero-order valence-electron chi connectivity index (χ0n) is 17.9. The van der Waals surface area contributed by atoms with Crippen LogP contribution in [0.2, 0.25) is 10.0 Å². The number of nitrogens with two attached hydrogens (primary N) is 1. The summed E-state index contributed by atoms with van der Waals surface area (Å²) in [5.74, 6) is -0.737. The fourth-order valence-corrected chi connectivity index (χ4v) is 4.05. The molecule has 0 aliphatic rings. The van der Waals surface area contributed by atoms with E-state index in [1.807, 2.05) is 0 Å². The number of carbonyl (C=O) groups excluding carboxylic acids is 1. The monoisotopic (exact) mass is 475 g/mol. The topological polar surface area (TPSA) is 108 Å². The predicted molar refractivity (Wildman–Crippen MR) is 132 cm³/mol. The number of nitrogens with one attached hydrogen (secondary N) is 2. The molecule has 0 radical (unpaired) electrons. The second-order valence-corrected chi connectivity index (χ2v) is 8.63. The first-order chi connectivity index (χ1) is 15.3. The van der Waals surface area contributed by atoms with E-state index in [4.69, 9.17) is 28.9 Å². The SMILES string of the molecule is CCCCCCCCNC(=O)c1ccc2[nH]c(-c3cc(Cl)c(N)c(Cl)c3)c(O)c(=O)c2c1. The first-order valence-electron chi connectivity index (χ1n) is 10.8. The van der Waals surface area contributed by atoms with E-state index < -0.39 is 11.2 Å². The first-order valence-corrected chi connectivity index (χ1v) is 11.5. The van der Waals surface area contributed by atoms with E-state index >= 15 is 0 Å². The quantitative estimate of drug-likeness (QED) is 0.228. The standard InChI is InChI=1S/C24H27Cl2N3O3/c1-2-3-4-5-6-7-10-28-24(32)14-8-9-19-16(11-14)22(30)23(31)21(29-19)15-12-17(25)20(27)18(26)13-15/h8-9,11-13,31H,2-7,10,27H2,1H3,(H,28,32)(H,29,30). The third-order valence-electron chi connectivity index (χ3n) is 5.42. The Morgan fingerprint density at radius 1 is 1.06 bits per heavy atom. The second kappa shape index (κ2) is 10.7. The minimum atomic E-state index is -0.594. The Morgan fingerprint density at radius 3 is 2.41 bits per heavy atom. The minimum absolute atomic E-state index is 0.173. The third-order valence-corrected chi connectivity index (χ3v) is 6.05. The van der Waals surface area contributed by atoms with Crippen LogP contribution in [0, 0.1) is 0 Å². The summed E-state index contributed by atoms with van der Waals surface area (Å²) in [4.78, 5) is 28.3. The van der Waals surface area contributed by atoms with Crippen LogP contribution in [0.15, 0.2) is 35.1 Å². The Balaban J connectivity index is 1.80. The van der Waals surface area contributed by atoms with Gasteiger partial charge in [0, 0.05) is 17.7 Å². The molecular formula is C24H27Cl2N3O3. The van der Waals surface area contributed by atoms with E-state index in [1.165, 1.54) is 43.9 Å².